The van der Waals surface area contributed by atoms with E-state index in [4.69, 9.17) is 14.2 Å². The number of carbonyl (C=O) groups is 3. The molecular formula is C74H124O6. The summed E-state index contributed by atoms with van der Waals surface area (Å²) >= 11 is 0. The van der Waals surface area contributed by atoms with Crippen LogP contribution in [0, 0.1) is 0 Å². The highest BCUT2D eigenvalue weighted by molar-refractivity contribution is 5.72. The van der Waals surface area contributed by atoms with Crippen molar-refractivity contribution in [2.75, 3.05) is 13.2 Å². The molecule has 0 aromatic rings. The predicted octanol–water partition coefficient (Wildman–Crippen LogP) is 23.2. The van der Waals surface area contributed by atoms with Crippen LogP contribution in [0.5, 0.6) is 0 Å². The third kappa shape index (κ3) is 64.6. The molecule has 456 valence electrons. The predicted molar refractivity (Wildman–Crippen MR) is 348 cm³/mol. The van der Waals surface area contributed by atoms with Crippen molar-refractivity contribution in [3.8, 4) is 0 Å². The van der Waals surface area contributed by atoms with Crippen molar-refractivity contribution in [2.45, 2.75) is 316 Å². The fourth-order valence-corrected chi connectivity index (χ4v) is 9.32. The van der Waals surface area contributed by atoms with Crippen molar-refractivity contribution in [3.63, 3.8) is 0 Å². The van der Waals surface area contributed by atoms with Gasteiger partial charge in [0.25, 0.3) is 0 Å². The van der Waals surface area contributed by atoms with Gasteiger partial charge in [0.1, 0.15) is 13.2 Å². The number of rotatable bonds is 60. The number of hydrogen-bond donors (Lipinski definition) is 0. The Balaban J connectivity index is 4.33. The topological polar surface area (TPSA) is 78.9 Å². The Morgan fingerprint density at radius 1 is 0.275 bits per heavy atom. The van der Waals surface area contributed by atoms with Crippen LogP contribution in [0.25, 0.3) is 0 Å². The Hall–Kier alpha value is -4.19. The van der Waals surface area contributed by atoms with Gasteiger partial charge in [-0.2, -0.15) is 0 Å². The lowest BCUT2D eigenvalue weighted by atomic mass is 10.0. The number of ether oxygens (including phenoxy) is 3. The van der Waals surface area contributed by atoms with E-state index in [1.807, 2.05) is 6.08 Å². The van der Waals surface area contributed by atoms with Crippen LogP contribution in [0.2, 0.25) is 0 Å². The van der Waals surface area contributed by atoms with Crippen molar-refractivity contribution in [3.05, 3.63) is 122 Å². The van der Waals surface area contributed by atoms with E-state index in [-0.39, 0.29) is 32.0 Å². The van der Waals surface area contributed by atoms with Crippen molar-refractivity contribution < 1.29 is 28.6 Å². The van der Waals surface area contributed by atoms with Crippen LogP contribution < -0.4 is 0 Å². The van der Waals surface area contributed by atoms with Gasteiger partial charge in [-0.15, -0.1) is 0 Å². The molecule has 0 N–H and O–H groups in total. The Labute approximate surface area is 494 Å². The molecule has 1 atom stereocenters. The Bertz CT molecular complexity index is 1650. The van der Waals surface area contributed by atoms with Crippen molar-refractivity contribution >= 4 is 17.9 Å². The van der Waals surface area contributed by atoms with Crippen LogP contribution in [-0.4, -0.2) is 37.2 Å². The highest BCUT2D eigenvalue weighted by Gasteiger charge is 2.19. The van der Waals surface area contributed by atoms with Gasteiger partial charge in [0.2, 0.25) is 0 Å². The van der Waals surface area contributed by atoms with Gasteiger partial charge < -0.3 is 14.2 Å². The molecule has 0 spiro atoms. The standard InChI is InChI=1S/C74H124O6/c1-4-7-10-13-16-19-22-25-28-30-31-32-33-34-35-36-37-38-39-40-41-42-44-46-49-52-55-58-61-64-67-73(76)79-70-71(69-78-72(75)66-63-60-57-54-51-48-45-27-24-21-18-15-12-9-6-3)80-74(77)68-65-62-59-56-53-50-47-43-29-26-23-20-17-14-11-8-5-2/h8-9,11-12,17-18,20-21,26-27,29,45,47,50-51,54,56,59-60,63,71H,4-7,10,13-16,19,22-25,28,30-44,46,48-49,52-53,55,57-58,61-62,64-70H2,1-3H3/b11-8-,12-9-,20-17-,21-18-,29-26-,45-27-,50-47-,54-51-,59-56-,63-60-. The van der Waals surface area contributed by atoms with Crippen LogP contribution in [0.15, 0.2) is 122 Å². The summed E-state index contributed by atoms with van der Waals surface area (Å²) in [5.74, 6) is -1.12. The third-order valence-electron chi connectivity index (χ3n) is 14.2. The molecule has 0 fully saturated rings. The monoisotopic (exact) mass is 1110 g/mol. The van der Waals surface area contributed by atoms with Gasteiger partial charge in [0.05, 0.1) is 6.42 Å². The van der Waals surface area contributed by atoms with Gasteiger partial charge in [0.15, 0.2) is 6.10 Å². The van der Waals surface area contributed by atoms with Crippen molar-refractivity contribution in [1.82, 2.24) is 0 Å². The van der Waals surface area contributed by atoms with Crippen LogP contribution in [0.4, 0.5) is 0 Å². The first-order valence-electron chi connectivity index (χ1n) is 33.5. The van der Waals surface area contributed by atoms with Gasteiger partial charge in [-0.25, -0.2) is 0 Å². The molecule has 6 heteroatoms. The summed E-state index contributed by atoms with van der Waals surface area (Å²) in [5, 5.41) is 0. The maximum atomic E-state index is 12.9. The fraction of sp³-hybridized carbons (Fsp3) is 0.689. The van der Waals surface area contributed by atoms with Gasteiger partial charge in [-0.05, 0) is 83.5 Å². The Kier molecular flexibility index (Phi) is 63.8. The molecule has 0 aliphatic rings. The SMILES string of the molecule is CC/C=C\C/C=C\C/C=C\C/C=C\C/C=C\CCCC(=O)OC(COC(=O)C/C=C\C/C=C\C/C=C\C/C=C\C/C=C\CC)COC(=O)CCCCCCCCCCCCCCCCCCCCCCCCCCCCCCCC. The molecule has 0 aromatic heterocycles. The zero-order valence-electron chi connectivity index (χ0n) is 52.3. The molecule has 1 unspecified atom stereocenters. The first kappa shape index (κ1) is 75.8. The van der Waals surface area contributed by atoms with Crippen LogP contribution >= 0.6 is 0 Å². The second-order valence-electron chi connectivity index (χ2n) is 22.0. The number of esters is 3. The summed E-state index contributed by atoms with van der Waals surface area (Å²) in [6.45, 7) is 6.30. The number of allylic oxidation sites excluding steroid dienone is 19. The molecule has 0 bridgehead atoms. The number of hydrogen-bond acceptors (Lipinski definition) is 6. The molecular weight excluding hydrogens is 985 g/mol. The lowest BCUT2D eigenvalue weighted by Gasteiger charge is -2.18. The average Bonchev–Trinajstić information content (AvgIpc) is 3.46. The first-order valence-corrected chi connectivity index (χ1v) is 33.5. The van der Waals surface area contributed by atoms with E-state index in [9.17, 15) is 14.4 Å². The molecule has 0 rings (SSSR count). The minimum Gasteiger partial charge on any atom is -0.462 e. The van der Waals surface area contributed by atoms with E-state index in [2.05, 4.69) is 130 Å². The number of unbranched alkanes of at least 4 members (excludes halogenated alkanes) is 30. The summed E-state index contributed by atoms with van der Waals surface area (Å²) in [4.78, 5) is 38.2. The fourth-order valence-electron chi connectivity index (χ4n) is 9.32. The molecule has 80 heavy (non-hydrogen) atoms. The summed E-state index contributed by atoms with van der Waals surface area (Å²) in [6.07, 6.45) is 94.2. The largest absolute Gasteiger partial charge is 0.462 e. The molecule has 0 amide bonds. The zero-order chi connectivity index (χ0) is 57.8. The van der Waals surface area contributed by atoms with E-state index in [1.165, 1.54) is 173 Å². The molecule has 0 aliphatic heterocycles. The van der Waals surface area contributed by atoms with Gasteiger partial charge in [0, 0.05) is 12.8 Å². The summed E-state index contributed by atoms with van der Waals surface area (Å²) in [6, 6.07) is 0. The molecule has 0 saturated carbocycles. The summed E-state index contributed by atoms with van der Waals surface area (Å²) < 4.78 is 16.8. The number of carbonyl (C=O) groups excluding carboxylic acids is 3. The van der Waals surface area contributed by atoms with Crippen LogP contribution in [-0.2, 0) is 28.6 Å². The van der Waals surface area contributed by atoms with Gasteiger partial charge in [-0.3, -0.25) is 14.4 Å². The van der Waals surface area contributed by atoms with E-state index in [1.54, 1.807) is 6.08 Å². The quantitative estimate of drug-likeness (QED) is 0.0261. The van der Waals surface area contributed by atoms with Gasteiger partial charge in [-0.1, -0.05) is 328 Å². The Morgan fingerprint density at radius 2 is 0.537 bits per heavy atom. The minimum atomic E-state index is -0.851. The average molecular weight is 1110 g/mol. The molecule has 6 nitrogen and oxygen atoms in total. The van der Waals surface area contributed by atoms with Crippen molar-refractivity contribution in [2.24, 2.45) is 0 Å². The minimum absolute atomic E-state index is 0.112. The molecule has 0 heterocycles. The third-order valence-corrected chi connectivity index (χ3v) is 14.2. The molecule has 0 aliphatic carbocycles. The van der Waals surface area contributed by atoms with Crippen molar-refractivity contribution in [1.29, 1.82) is 0 Å². The molecule has 0 saturated heterocycles. The lowest BCUT2D eigenvalue weighted by molar-refractivity contribution is -0.166. The highest BCUT2D eigenvalue weighted by atomic mass is 16.6. The van der Waals surface area contributed by atoms with Crippen LogP contribution in [0.1, 0.15) is 310 Å². The summed E-state index contributed by atoms with van der Waals surface area (Å²) in [7, 11) is 0. The zero-order valence-corrected chi connectivity index (χ0v) is 52.3. The summed E-state index contributed by atoms with van der Waals surface area (Å²) in [5.41, 5.74) is 0. The van der Waals surface area contributed by atoms with E-state index < -0.39 is 18.0 Å². The maximum absolute atomic E-state index is 12.9. The van der Waals surface area contributed by atoms with Crippen LogP contribution in [0.3, 0.4) is 0 Å². The molecule has 0 radical (unpaired) electrons. The second-order valence-corrected chi connectivity index (χ2v) is 22.0. The molecule has 0 aromatic carbocycles. The lowest BCUT2D eigenvalue weighted by Crippen LogP contribution is -2.30. The van der Waals surface area contributed by atoms with E-state index in [0.29, 0.717) is 12.8 Å². The normalized spacial score (nSPS) is 12.9. The van der Waals surface area contributed by atoms with E-state index in [0.717, 1.165) is 89.9 Å². The van der Waals surface area contributed by atoms with Gasteiger partial charge >= 0.3 is 17.9 Å². The maximum Gasteiger partial charge on any atom is 0.309 e. The first-order chi connectivity index (χ1) is 39.5. The Morgan fingerprint density at radius 3 is 0.863 bits per heavy atom. The van der Waals surface area contributed by atoms with E-state index >= 15 is 0 Å². The second kappa shape index (κ2) is 67.3. The highest BCUT2D eigenvalue weighted by Crippen LogP contribution is 2.17. The smallest absolute Gasteiger partial charge is 0.309 e.